The summed E-state index contributed by atoms with van der Waals surface area (Å²) in [6.45, 7) is 1.52. The topological polar surface area (TPSA) is 119 Å². The molecule has 1 aromatic carbocycles. The highest BCUT2D eigenvalue weighted by Crippen LogP contribution is 2.38. The zero-order valence-corrected chi connectivity index (χ0v) is 15.6. The maximum atomic E-state index is 13.0. The van der Waals surface area contributed by atoms with E-state index in [0.29, 0.717) is 11.9 Å². The van der Waals surface area contributed by atoms with Crippen molar-refractivity contribution in [1.29, 1.82) is 5.26 Å². The number of urea groups is 1. The van der Waals surface area contributed by atoms with Gasteiger partial charge in [0.25, 0.3) is 5.91 Å². The lowest BCUT2D eigenvalue weighted by Crippen LogP contribution is -2.54. The first-order valence-electron chi connectivity index (χ1n) is 9.47. The summed E-state index contributed by atoms with van der Waals surface area (Å²) in [5, 5.41) is 12.4. The number of nitrogens with one attached hydrogen (secondary N) is 2. The van der Waals surface area contributed by atoms with E-state index in [1.165, 1.54) is 0 Å². The van der Waals surface area contributed by atoms with Crippen molar-refractivity contribution < 1.29 is 14.4 Å². The number of hydrogen-bond donors (Lipinski definition) is 2. The molecule has 2 aliphatic rings. The van der Waals surface area contributed by atoms with Crippen molar-refractivity contribution in [3.63, 3.8) is 0 Å². The second kappa shape index (κ2) is 6.75. The zero-order chi connectivity index (χ0) is 19.9. The van der Waals surface area contributed by atoms with Crippen LogP contribution in [0.15, 0.2) is 24.3 Å². The molecule has 3 atom stereocenters. The summed E-state index contributed by atoms with van der Waals surface area (Å²) < 4.78 is 0. The first kappa shape index (κ1) is 18.2. The molecule has 3 unspecified atom stereocenters. The van der Waals surface area contributed by atoms with Gasteiger partial charge in [-0.2, -0.15) is 5.26 Å². The van der Waals surface area contributed by atoms with Gasteiger partial charge in [-0.25, -0.2) is 9.78 Å². The molecule has 144 valence electrons. The molecule has 2 heterocycles. The number of hydrogen-bond acceptors (Lipinski definition) is 5. The van der Waals surface area contributed by atoms with Crippen molar-refractivity contribution in [2.45, 2.75) is 44.1 Å². The molecule has 1 saturated carbocycles. The van der Waals surface area contributed by atoms with Crippen LogP contribution in [0.5, 0.6) is 0 Å². The number of rotatable bonds is 4. The number of imidazole rings is 1. The number of imide groups is 1. The summed E-state index contributed by atoms with van der Waals surface area (Å²) >= 11 is 0. The third-order valence-electron chi connectivity index (χ3n) is 5.95. The highest BCUT2D eigenvalue weighted by atomic mass is 16.2. The van der Waals surface area contributed by atoms with Crippen LogP contribution in [0.3, 0.4) is 0 Å². The van der Waals surface area contributed by atoms with Crippen LogP contribution in [0.25, 0.3) is 11.0 Å². The van der Waals surface area contributed by atoms with Crippen molar-refractivity contribution in [2.24, 2.45) is 5.92 Å². The fourth-order valence-electron chi connectivity index (χ4n) is 4.28. The van der Waals surface area contributed by atoms with Crippen LogP contribution in [0.1, 0.15) is 44.3 Å². The molecular weight excluding hydrogens is 358 g/mol. The molecule has 8 heteroatoms. The van der Waals surface area contributed by atoms with Crippen molar-refractivity contribution in [1.82, 2.24) is 20.2 Å². The average Bonchev–Trinajstić information content (AvgIpc) is 3.20. The summed E-state index contributed by atoms with van der Waals surface area (Å²) in [4.78, 5) is 46.5. The lowest BCUT2D eigenvalue weighted by Gasteiger charge is -2.36. The van der Waals surface area contributed by atoms with E-state index in [-0.39, 0.29) is 17.6 Å². The van der Waals surface area contributed by atoms with Gasteiger partial charge in [-0.15, -0.1) is 0 Å². The van der Waals surface area contributed by atoms with Gasteiger partial charge in [-0.1, -0.05) is 31.9 Å². The van der Waals surface area contributed by atoms with Crippen LogP contribution in [-0.4, -0.2) is 44.7 Å². The van der Waals surface area contributed by atoms with Crippen molar-refractivity contribution >= 4 is 28.8 Å². The number of ketones is 1. The maximum absolute atomic E-state index is 13.0. The monoisotopic (exact) mass is 379 g/mol. The first-order chi connectivity index (χ1) is 13.5. The van der Waals surface area contributed by atoms with Crippen LogP contribution in [0.4, 0.5) is 4.79 Å². The van der Waals surface area contributed by atoms with Gasteiger partial charge in [0.2, 0.25) is 0 Å². The lowest BCUT2D eigenvalue weighted by molar-refractivity contribution is -0.137. The van der Waals surface area contributed by atoms with Gasteiger partial charge in [0.05, 0.1) is 23.6 Å². The Morgan fingerprint density at radius 2 is 2.18 bits per heavy atom. The molecule has 0 bridgehead atoms. The molecule has 1 aliphatic heterocycles. The molecular formula is C20H21N5O3. The maximum Gasteiger partial charge on any atom is 0.325 e. The molecule has 3 amide bonds. The second-order valence-corrected chi connectivity index (χ2v) is 7.61. The van der Waals surface area contributed by atoms with Crippen LogP contribution in [-0.2, 0) is 9.59 Å². The number of aromatic nitrogens is 2. The predicted molar refractivity (Wildman–Crippen MR) is 100 cm³/mol. The third-order valence-corrected chi connectivity index (χ3v) is 5.95. The number of carbonyl (C=O) groups excluding carboxylic acids is 3. The average molecular weight is 379 g/mol. The van der Waals surface area contributed by atoms with Gasteiger partial charge in [-0.05, 0) is 30.9 Å². The van der Waals surface area contributed by atoms with E-state index in [2.05, 4.69) is 15.3 Å². The second-order valence-electron chi connectivity index (χ2n) is 7.61. The van der Waals surface area contributed by atoms with Gasteiger partial charge in [-0.3, -0.25) is 14.5 Å². The van der Waals surface area contributed by atoms with E-state index in [1.54, 1.807) is 12.1 Å². The molecule has 1 spiro atoms. The summed E-state index contributed by atoms with van der Waals surface area (Å²) in [5.41, 5.74) is 0.447. The largest absolute Gasteiger partial charge is 0.340 e. The molecule has 0 radical (unpaired) electrons. The third kappa shape index (κ3) is 2.74. The van der Waals surface area contributed by atoms with Crippen molar-refractivity contribution in [3.05, 3.63) is 30.1 Å². The van der Waals surface area contributed by atoms with Gasteiger partial charge in [0.1, 0.15) is 11.4 Å². The fraction of sp³-hybridized carbons (Fsp3) is 0.450. The Bertz CT molecular complexity index is 974. The fourth-order valence-corrected chi connectivity index (χ4v) is 4.28. The van der Waals surface area contributed by atoms with E-state index in [1.807, 2.05) is 25.1 Å². The van der Waals surface area contributed by atoms with Gasteiger partial charge < -0.3 is 10.3 Å². The Hall–Kier alpha value is -3.21. The Morgan fingerprint density at radius 3 is 2.89 bits per heavy atom. The number of aromatic amines is 1. The van der Waals surface area contributed by atoms with Crippen LogP contribution in [0, 0.1) is 17.2 Å². The highest BCUT2D eigenvalue weighted by molar-refractivity contribution is 6.10. The smallest absolute Gasteiger partial charge is 0.325 e. The van der Waals surface area contributed by atoms with E-state index < -0.39 is 29.8 Å². The number of nitriles is 1. The number of benzene rings is 1. The SMILES string of the molecule is CC1CCCCC12NC(=O)N(CC(=O)C(C#N)c1nc3ccccc3[nH]1)C2=O. The van der Waals surface area contributed by atoms with E-state index >= 15 is 0 Å². The molecule has 2 N–H and O–H groups in total. The Labute approximate surface area is 161 Å². The number of H-pyrrole nitrogens is 1. The molecule has 8 nitrogen and oxygen atoms in total. The zero-order valence-electron chi connectivity index (χ0n) is 15.6. The summed E-state index contributed by atoms with van der Waals surface area (Å²) in [5.74, 6) is -1.83. The number of nitrogens with zero attached hydrogens (tertiary/aromatic N) is 3. The molecule has 4 rings (SSSR count). The van der Waals surface area contributed by atoms with E-state index in [9.17, 15) is 19.6 Å². The molecule has 28 heavy (non-hydrogen) atoms. The van der Waals surface area contributed by atoms with E-state index in [0.717, 1.165) is 29.7 Å². The van der Waals surface area contributed by atoms with Crippen LogP contribution < -0.4 is 5.32 Å². The van der Waals surface area contributed by atoms with Crippen molar-refractivity contribution in [3.8, 4) is 6.07 Å². The predicted octanol–water partition coefficient (Wildman–Crippen LogP) is 2.24. The van der Waals surface area contributed by atoms with Gasteiger partial charge in [0, 0.05) is 0 Å². The minimum Gasteiger partial charge on any atom is -0.340 e. The number of fused-ring (bicyclic) bond motifs is 1. The summed E-state index contributed by atoms with van der Waals surface area (Å²) in [6.07, 6.45) is 3.31. The molecule has 1 saturated heterocycles. The minimum atomic E-state index is -1.17. The molecule has 1 aromatic heterocycles. The van der Waals surface area contributed by atoms with Crippen LogP contribution >= 0.6 is 0 Å². The van der Waals surface area contributed by atoms with Gasteiger partial charge >= 0.3 is 6.03 Å². The van der Waals surface area contributed by atoms with Crippen molar-refractivity contribution in [2.75, 3.05) is 6.54 Å². The Balaban J connectivity index is 1.56. The molecule has 2 aromatic rings. The highest BCUT2D eigenvalue weighted by Gasteiger charge is 2.55. The standard InChI is InChI=1S/C20H21N5O3/c1-12-6-4-5-9-20(12)18(27)25(19(28)24-20)11-16(26)13(10-21)17-22-14-7-2-3-8-15(14)23-17/h2-3,7-8,12-13H,4-6,9,11H2,1H3,(H,22,23)(H,24,28). The first-order valence-corrected chi connectivity index (χ1v) is 9.47. The lowest BCUT2D eigenvalue weighted by atomic mass is 9.73. The Morgan fingerprint density at radius 1 is 1.39 bits per heavy atom. The number of Topliss-reactive ketones (excluding diaryl/α,β-unsaturated/α-hetero) is 1. The summed E-state index contributed by atoms with van der Waals surface area (Å²) in [7, 11) is 0. The van der Waals surface area contributed by atoms with Crippen LogP contribution in [0.2, 0.25) is 0 Å². The normalized spacial score (nSPS) is 25.7. The summed E-state index contributed by atoms with van der Waals surface area (Å²) in [6, 6.07) is 8.61. The van der Waals surface area contributed by atoms with E-state index in [4.69, 9.17) is 0 Å². The number of para-hydroxylation sites is 2. The quantitative estimate of drug-likeness (QED) is 0.790. The Kier molecular flexibility index (Phi) is 4.38. The molecule has 1 aliphatic carbocycles. The number of carbonyl (C=O) groups is 3. The molecule has 2 fully saturated rings. The number of amides is 3. The van der Waals surface area contributed by atoms with Gasteiger partial charge in [0.15, 0.2) is 11.7 Å². The minimum absolute atomic E-state index is 0.0138.